The largest absolute Gasteiger partial charge is 0.339 e. The van der Waals surface area contributed by atoms with E-state index in [1.807, 2.05) is 24.2 Å². The zero-order valence-corrected chi connectivity index (χ0v) is 14.1. The number of carbonyl (C=O) groups is 1. The maximum atomic E-state index is 13.4. The van der Waals surface area contributed by atoms with Gasteiger partial charge in [-0.2, -0.15) is 5.10 Å². The lowest BCUT2D eigenvalue weighted by molar-refractivity contribution is -0.132. The number of nitrogens with zero attached hydrogens (tertiary/aromatic N) is 3. The minimum absolute atomic E-state index is 0.145. The molecule has 0 atom stereocenters. The Bertz CT molecular complexity index is 691. The van der Waals surface area contributed by atoms with Crippen LogP contribution in [0.15, 0.2) is 36.7 Å². The van der Waals surface area contributed by atoms with Gasteiger partial charge in [0, 0.05) is 25.8 Å². The van der Waals surface area contributed by atoms with Gasteiger partial charge in [0.15, 0.2) is 0 Å². The van der Waals surface area contributed by atoms with Crippen molar-refractivity contribution in [2.75, 3.05) is 6.54 Å². The van der Waals surface area contributed by atoms with Gasteiger partial charge in [-0.3, -0.25) is 9.48 Å². The third-order valence-corrected chi connectivity index (χ3v) is 4.73. The fourth-order valence-corrected chi connectivity index (χ4v) is 3.51. The summed E-state index contributed by atoms with van der Waals surface area (Å²) in [6.45, 7) is 0.646. The van der Waals surface area contributed by atoms with E-state index >= 15 is 0 Å². The summed E-state index contributed by atoms with van der Waals surface area (Å²) < 4.78 is 15.1. The van der Waals surface area contributed by atoms with Gasteiger partial charge in [0.1, 0.15) is 5.82 Å². The first-order valence-electron chi connectivity index (χ1n) is 8.63. The highest BCUT2D eigenvalue weighted by atomic mass is 19.1. The monoisotopic (exact) mass is 329 g/mol. The maximum absolute atomic E-state index is 13.4. The smallest absolute Gasteiger partial charge is 0.227 e. The number of amides is 1. The number of halogens is 1. The van der Waals surface area contributed by atoms with Crippen molar-refractivity contribution in [3.05, 3.63) is 53.6 Å². The number of benzene rings is 1. The van der Waals surface area contributed by atoms with E-state index in [4.69, 9.17) is 0 Å². The van der Waals surface area contributed by atoms with Crippen LogP contribution in [0.5, 0.6) is 0 Å². The van der Waals surface area contributed by atoms with E-state index in [1.165, 1.54) is 18.9 Å². The molecule has 128 valence electrons. The molecule has 0 spiro atoms. The van der Waals surface area contributed by atoms with Crippen LogP contribution in [0.4, 0.5) is 4.39 Å². The van der Waals surface area contributed by atoms with Crippen molar-refractivity contribution in [1.29, 1.82) is 0 Å². The van der Waals surface area contributed by atoms with Gasteiger partial charge in [0.05, 0.1) is 12.6 Å². The Balaban J connectivity index is 1.67. The zero-order valence-electron chi connectivity index (χ0n) is 14.1. The zero-order chi connectivity index (χ0) is 16.9. The van der Waals surface area contributed by atoms with E-state index in [-0.39, 0.29) is 11.7 Å². The molecule has 0 bridgehead atoms. The Morgan fingerprint density at radius 2 is 2.12 bits per heavy atom. The molecule has 0 radical (unpaired) electrons. The molecule has 3 rings (SSSR count). The second-order valence-electron chi connectivity index (χ2n) is 6.60. The average molecular weight is 329 g/mol. The molecule has 0 unspecified atom stereocenters. The second kappa shape index (κ2) is 7.60. The molecule has 1 amide bonds. The van der Waals surface area contributed by atoms with E-state index in [0.29, 0.717) is 25.4 Å². The molecular formula is C19H24FN3O. The van der Waals surface area contributed by atoms with Gasteiger partial charge in [0.25, 0.3) is 0 Å². The lowest BCUT2D eigenvalue weighted by Crippen LogP contribution is -2.41. The summed E-state index contributed by atoms with van der Waals surface area (Å²) in [5.74, 6) is -0.0760. The van der Waals surface area contributed by atoms with Gasteiger partial charge in [-0.15, -0.1) is 0 Å². The van der Waals surface area contributed by atoms with Crippen LogP contribution >= 0.6 is 0 Å². The summed E-state index contributed by atoms with van der Waals surface area (Å²) in [7, 11) is 1.85. The quantitative estimate of drug-likeness (QED) is 0.817. The van der Waals surface area contributed by atoms with E-state index in [1.54, 1.807) is 23.0 Å². The molecule has 0 N–H and O–H groups in total. The van der Waals surface area contributed by atoms with E-state index in [9.17, 15) is 9.18 Å². The lowest BCUT2D eigenvalue weighted by atomic mass is 10.1. The summed E-state index contributed by atoms with van der Waals surface area (Å²) in [6.07, 6.45) is 9.21. The van der Waals surface area contributed by atoms with Crippen LogP contribution in [0.2, 0.25) is 0 Å². The molecule has 0 saturated heterocycles. The molecule has 1 aromatic carbocycles. The second-order valence-corrected chi connectivity index (χ2v) is 6.60. The molecule has 2 aromatic rings. The molecule has 1 saturated carbocycles. The number of rotatable bonds is 6. The molecule has 1 aromatic heterocycles. The van der Waals surface area contributed by atoms with Crippen LogP contribution in [0.1, 0.15) is 36.8 Å². The van der Waals surface area contributed by atoms with Crippen molar-refractivity contribution in [2.24, 2.45) is 7.05 Å². The van der Waals surface area contributed by atoms with Crippen LogP contribution in [0.25, 0.3) is 0 Å². The van der Waals surface area contributed by atoms with Crippen LogP contribution < -0.4 is 0 Å². The highest BCUT2D eigenvalue weighted by molar-refractivity contribution is 5.79. The SMILES string of the molecule is Cn1cc(CC(=O)N(CCc2cccc(F)c2)C2CCCC2)cn1. The van der Waals surface area contributed by atoms with Crippen molar-refractivity contribution in [2.45, 2.75) is 44.6 Å². The first-order chi connectivity index (χ1) is 11.6. The summed E-state index contributed by atoms with van der Waals surface area (Å²) in [5, 5.41) is 4.13. The first-order valence-corrected chi connectivity index (χ1v) is 8.63. The van der Waals surface area contributed by atoms with Gasteiger partial charge in [-0.25, -0.2) is 4.39 Å². The molecule has 1 aliphatic rings. The van der Waals surface area contributed by atoms with Crippen molar-refractivity contribution in [3.63, 3.8) is 0 Å². The lowest BCUT2D eigenvalue weighted by Gasteiger charge is -2.29. The first kappa shape index (κ1) is 16.7. The van der Waals surface area contributed by atoms with Crippen LogP contribution in [0.3, 0.4) is 0 Å². The van der Waals surface area contributed by atoms with Crippen LogP contribution in [-0.4, -0.2) is 33.2 Å². The predicted molar refractivity (Wildman–Crippen MR) is 91.0 cm³/mol. The minimum atomic E-state index is -0.221. The predicted octanol–water partition coefficient (Wildman–Crippen LogP) is 3.12. The number of aryl methyl sites for hydroxylation is 1. The van der Waals surface area contributed by atoms with Gasteiger partial charge in [-0.1, -0.05) is 25.0 Å². The standard InChI is InChI=1S/C19H24FN3O/c1-22-14-16(13-21-22)12-19(24)23(18-7-2-3-8-18)10-9-15-5-4-6-17(20)11-15/h4-6,11,13-14,18H,2-3,7-10,12H2,1H3. The van der Waals surface area contributed by atoms with Gasteiger partial charge in [-0.05, 0) is 42.5 Å². The van der Waals surface area contributed by atoms with Crippen molar-refractivity contribution in [1.82, 2.24) is 14.7 Å². The number of aromatic nitrogens is 2. The Morgan fingerprint density at radius 1 is 1.33 bits per heavy atom. The molecular weight excluding hydrogens is 305 g/mol. The van der Waals surface area contributed by atoms with Gasteiger partial charge < -0.3 is 4.90 Å². The molecule has 4 nitrogen and oxygen atoms in total. The normalized spacial score (nSPS) is 14.9. The fraction of sp³-hybridized carbons (Fsp3) is 0.474. The van der Waals surface area contributed by atoms with E-state index in [0.717, 1.165) is 24.0 Å². The third kappa shape index (κ3) is 4.22. The summed E-state index contributed by atoms with van der Waals surface area (Å²) in [4.78, 5) is 14.8. The molecule has 24 heavy (non-hydrogen) atoms. The van der Waals surface area contributed by atoms with E-state index < -0.39 is 0 Å². The topological polar surface area (TPSA) is 38.1 Å². The Morgan fingerprint density at radius 3 is 2.79 bits per heavy atom. The molecule has 1 aliphatic carbocycles. The van der Waals surface area contributed by atoms with Crippen molar-refractivity contribution < 1.29 is 9.18 Å². The Kier molecular flexibility index (Phi) is 5.28. The molecule has 1 fully saturated rings. The minimum Gasteiger partial charge on any atom is -0.339 e. The van der Waals surface area contributed by atoms with Crippen molar-refractivity contribution in [3.8, 4) is 0 Å². The highest BCUT2D eigenvalue weighted by Gasteiger charge is 2.26. The average Bonchev–Trinajstić information content (AvgIpc) is 3.20. The molecule has 5 heteroatoms. The summed E-state index contributed by atoms with van der Waals surface area (Å²) in [6, 6.07) is 6.97. The maximum Gasteiger partial charge on any atom is 0.227 e. The summed E-state index contributed by atoms with van der Waals surface area (Å²) in [5.41, 5.74) is 1.88. The number of carbonyl (C=O) groups excluding carboxylic acids is 1. The summed E-state index contributed by atoms with van der Waals surface area (Å²) >= 11 is 0. The molecule has 1 heterocycles. The molecule has 0 aliphatic heterocycles. The highest BCUT2D eigenvalue weighted by Crippen LogP contribution is 2.24. The van der Waals surface area contributed by atoms with Crippen LogP contribution in [0, 0.1) is 5.82 Å². The van der Waals surface area contributed by atoms with Crippen LogP contribution in [-0.2, 0) is 24.7 Å². The van der Waals surface area contributed by atoms with E-state index in [2.05, 4.69) is 5.10 Å². The van der Waals surface area contributed by atoms with Gasteiger partial charge >= 0.3 is 0 Å². The number of hydrogen-bond donors (Lipinski definition) is 0. The van der Waals surface area contributed by atoms with Crippen molar-refractivity contribution >= 4 is 5.91 Å². The third-order valence-electron chi connectivity index (χ3n) is 4.73. The fourth-order valence-electron chi connectivity index (χ4n) is 3.51. The van der Waals surface area contributed by atoms with Gasteiger partial charge in [0.2, 0.25) is 5.91 Å². The Hall–Kier alpha value is -2.17. The number of hydrogen-bond acceptors (Lipinski definition) is 2. The Labute approximate surface area is 142 Å².